The van der Waals surface area contributed by atoms with Gasteiger partial charge in [0, 0.05) is 32.7 Å². The van der Waals surface area contributed by atoms with Gasteiger partial charge in [0.25, 0.3) is 0 Å². The zero-order valence-corrected chi connectivity index (χ0v) is 12.4. The fourth-order valence-corrected chi connectivity index (χ4v) is 3.23. The molecule has 0 spiro atoms. The van der Waals surface area contributed by atoms with Crippen LogP contribution in [0.3, 0.4) is 0 Å². The van der Waals surface area contributed by atoms with E-state index in [1.165, 1.54) is 12.8 Å². The van der Waals surface area contributed by atoms with Crippen LogP contribution in [-0.4, -0.2) is 55.8 Å². The van der Waals surface area contributed by atoms with Gasteiger partial charge in [0.1, 0.15) is 17.6 Å². The van der Waals surface area contributed by atoms with E-state index in [4.69, 9.17) is 10.00 Å². The molecule has 1 unspecified atom stereocenters. The summed E-state index contributed by atoms with van der Waals surface area (Å²) in [6, 6.07) is 7.82. The Hall–Kier alpha value is -1.64. The Morgan fingerprint density at radius 3 is 2.95 bits per heavy atom. The van der Waals surface area contributed by atoms with Gasteiger partial charge in [-0.1, -0.05) is 6.07 Å². The average molecular weight is 286 g/mol. The molecule has 5 nitrogen and oxygen atoms in total. The maximum absolute atomic E-state index is 8.98. The molecule has 0 aliphatic carbocycles. The number of hydrogen-bond acceptors (Lipinski definition) is 5. The first-order valence-electron chi connectivity index (χ1n) is 7.77. The molecule has 0 N–H and O–H groups in total. The summed E-state index contributed by atoms with van der Waals surface area (Å²) in [5.41, 5.74) is 0.503. The van der Waals surface area contributed by atoms with Crippen molar-refractivity contribution in [2.45, 2.75) is 12.8 Å². The van der Waals surface area contributed by atoms with Gasteiger partial charge in [-0.05, 0) is 30.9 Å². The molecule has 0 saturated carbocycles. The molecule has 0 bridgehead atoms. The quantitative estimate of drug-likeness (QED) is 0.843. The van der Waals surface area contributed by atoms with E-state index in [9.17, 15) is 0 Å². The number of ether oxygens (including phenoxy) is 1. The van der Waals surface area contributed by atoms with Crippen LogP contribution in [0.1, 0.15) is 18.5 Å². The number of nitrogens with zero attached hydrogens (tertiary/aromatic N) is 4. The molecule has 2 aliphatic heterocycles. The number of piperidine rings is 1. The first kappa shape index (κ1) is 14.3. The van der Waals surface area contributed by atoms with Crippen LogP contribution in [0.4, 0.5) is 5.82 Å². The van der Waals surface area contributed by atoms with Gasteiger partial charge in [-0.25, -0.2) is 4.98 Å². The second-order valence-electron chi connectivity index (χ2n) is 5.86. The van der Waals surface area contributed by atoms with Crippen LogP contribution in [-0.2, 0) is 4.74 Å². The molecule has 0 radical (unpaired) electrons. The van der Waals surface area contributed by atoms with Gasteiger partial charge in [-0.15, -0.1) is 0 Å². The molecule has 0 aromatic carbocycles. The van der Waals surface area contributed by atoms with Crippen molar-refractivity contribution in [3.8, 4) is 6.07 Å². The average Bonchev–Trinajstić information content (AvgIpc) is 2.56. The summed E-state index contributed by atoms with van der Waals surface area (Å²) in [5.74, 6) is 1.63. The topological polar surface area (TPSA) is 52.4 Å². The van der Waals surface area contributed by atoms with Crippen molar-refractivity contribution in [2.24, 2.45) is 5.92 Å². The van der Waals surface area contributed by atoms with Crippen LogP contribution >= 0.6 is 0 Å². The van der Waals surface area contributed by atoms with E-state index in [0.29, 0.717) is 11.6 Å². The summed E-state index contributed by atoms with van der Waals surface area (Å²) in [5, 5.41) is 8.98. The van der Waals surface area contributed by atoms with Crippen molar-refractivity contribution in [1.29, 1.82) is 5.26 Å². The monoisotopic (exact) mass is 286 g/mol. The van der Waals surface area contributed by atoms with Gasteiger partial charge in [-0.2, -0.15) is 5.26 Å². The van der Waals surface area contributed by atoms with E-state index >= 15 is 0 Å². The van der Waals surface area contributed by atoms with Gasteiger partial charge in [-0.3, -0.25) is 4.90 Å². The highest BCUT2D eigenvalue weighted by atomic mass is 16.5. The molecular formula is C16H22N4O. The summed E-state index contributed by atoms with van der Waals surface area (Å²) >= 11 is 0. The second-order valence-corrected chi connectivity index (χ2v) is 5.86. The number of aromatic nitrogens is 1. The summed E-state index contributed by atoms with van der Waals surface area (Å²) in [7, 11) is 0. The first-order valence-corrected chi connectivity index (χ1v) is 7.77. The SMILES string of the molecule is N#Cc1cccc(N2CCCC(CN3CCOCC3)C2)n1. The summed E-state index contributed by atoms with van der Waals surface area (Å²) in [4.78, 5) is 9.27. The molecule has 2 saturated heterocycles. The van der Waals surface area contributed by atoms with Crippen molar-refractivity contribution in [3.05, 3.63) is 23.9 Å². The van der Waals surface area contributed by atoms with Crippen molar-refractivity contribution in [2.75, 3.05) is 50.8 Å². The number of pyridine rings is 1. The molecule has 5 heteroatoms. The molecule has 21 heavy (non-hydrogen) atoms. The van der Waals surface area contributed by atoms with E-state index in [0.717, 1.165) is 51.8 Å². The highest BCUT2D eigenvalue weighted by Crippen LogP contribution is 2.22. The molecule has 3 rings (SSSR count). The second kappa shape index (κ2) is 6.88. The molecular weight excluding hydrogens is 264 g/mol. The lowest BCUT2D eigenvalue weighted by Gasteiger charge is -2.37. The van der Waals surface area contributed by atoms with Gasteiger partial charge in [0.2, 0.25) is 0 Å². The lowest BCUT2D eigenvalue weighted by atomic mass is 9.97. The Balaban J connectivity index is 1.61. The standard InChI is InChI=1S/C16H22N4O/c17-11-15-4-1-5-16(18-15)20-6-2-3-14(13-20)12-19-7-9-21-10-8-19/h1,4-5,14H,2-3,6-10,12-13H2. The number of anilines is 1. The largest absolute Gasteiger partial charge is 0.379 e. The molecule has 1 atom stereocenters. The van der Waals surface area contributed by atoms with Crippen LogP contribution in [0, 0.1) is 17.2 Å². The molecule has 2 fully saturated rings. The van der Waals surface area contributed by atoms with Crippen molar-refractivity contribution in [1.82, 2.24) is 9.88 Å². The Kier molecular flexibility index (Phi) is 4.69. The number of morpholine rings is 1. The van der Waals surface area contributed by atoms with Gasteiger partial charge < -0.3 is 9.64 Å². The minimum absolute atomic E-state index is 0.503. The molecule has 2 aliphatic rings. The predicted octanol–water partition coefficient (Wildman–Crippen LogP) is 1.50. The third-order valence-corrected chi connectivity index (χ3v) is 4.31. The van der Waals surface area contributed by atoms with Gasteiger partial charge >= 0.3 is 0 Å². The molecule has 1 aromatic heterocycles. The number of nitriles is 1. The minimum atomic E-state index is 0.503. The predicted molar refractivity (Wildman–Crippen MR) is 81.1 cm³/mol. The van der Waals surface area contributed by atoms with Crippen LogP contribution in [0.5, 0.6) is 0 Å². The Morgan fingerprint density at radius 1 is 1.29 bits per heavy atom. The fourth-order valence-electron chi connectivity index (χ4n) is 3.23. The summed E-state index contributed by atoms with van der Waals surface area (Å²) in [6.07, 6.45) is 2.49. The maximum atomic E-state index is 8.98. The van der Waals surface area contributed by atoms with E-state index in [2.05, 4.69) is 20.9 Å². The lowest BCUT2D eigenvalue weighted by molar-refractivity contribution is 0.0296. The molecule has 1 aromatic rings. The maximum Gasteiger partial charge on any atom is 0.142 e. The summed E-state index contributed by atoms with van der Waals surface area (Å²) in [6.45, 7) is 7.07. The normalized spacial score (nSPS) is 23.8. The molecule has 112 valence electrons. The fraction of sp³-hybridized carbons (Fsp3) is 0.625. The van der Waals surface area contributed by atoms with Gasteiger partial charge in [0.15, 0.2) is 0 Å². The van der Waals surface area contributed by atoms with Gasteiger partial charge in [0.05, 0.1) is 13.2 Å². The number of hydrogen-bond donors (Lipinski definition) is 0. The zero-order chi connectivity index (χ0) is 14.5. The first-order chi connectivity index (χ1) is 10.3. The Bertz CT molecular complexity index is 507. The third kappa shape index (κ3) is 3.72. The summed E-state index contributed by atoms with van der Waals surface area (Å²) < 4.78 is 5.41. The van der Waals surface area contributed by atoms with E-state index in [-0.39, 0.29) is 0 Å². The highest BCUT2D eigenvalue weighted by molar-refractivity contribution is 5.42. The lowest BCUT2D eigenvalue weighted by Crippen LogP contribution is -2.44. The Labute approximate surface area is 126 Å². The van der Waals surface area contributed by atoms with E-state index in [1.807, 2.05) is 12.1 Å². The van der Waals surface area contributed by atoms with Crippen molar-refractivity contribution in [3.63, 3.8) is 0 Å². The molecule has 0 amide bonds. The van der Waals surface area contributed by atoms with Crippen molar-refractivity contribution < 1.29 is 4.74 Å². The third-order valence-electron chi connectivity index (χ3n) is 4.31. The smallest absolute Gasteiger partial charge is 0.142 e. The molecule has 3 heterocycles. The minimum Gasteiger partial charge on any atom is -0.379 e. The van der Waals surface area contributed by atoms with Crippen LogP contribution in [0.2, 0.25) is 0 Å². The number of rotatable bonds is 3. The van der Waals surface area contributed by atoms with Crippen LogP contribution in [0.25, 0.3) is 0 Å². The zero-order valence-electron chi connectivity index (χ0n) is 12.4. The van der Waals surface area contributed by atoms with Crippen LogP contribution in [0.15, 0.2) is 18.2 Å². The van der Waals surface area contributed by atoms with E-state index in [1.54, 1.807) is 6.07 Å². The Morgan fingerprint density at radius 2 is 2.14 bits per heavy atom. The highest BCUT2D eigenvalue weighted by Gasteiger charge is 2.23. The van der Waals surface area contributed by atoms with Crippen LogP contribution < -0.4 is 4.90 Å². The van der Waals surface area contributed by atoms with E-state index < -0.39 is 0 Å². The van der Waals surface area contributed by atoms with Crippen molar-refractivity contribution >= 4 is 5.82 Å².